The van der Waals surface area contributed by atoms with Crippen LogP contribution < -0.4 is 9.47 Å². The summed E-state index contributed by atoms with van der Waals surface area (Å²) >= 11 is 1.65. The topological polar surface area (TPSA) is 77.7 Å². The van der Waals surface area contributed by atoms with Crippen molar-refractivity contribution in [1.29, 1.82) is 0 Å². The predicted octanol–water partition coefficient (Wildman–Crippen LogP) is 3.33. The van der Waals surface area contributed by atoms with Gasteiger partial charge in [-0.05, 0) is 23.6 Å². The van der Waals surface area contributed by atoms with Crippen molar-refractivity contribution < 1.29 is 18.8 Å². The molecule has 4 rings (SSSR count). The molecule has 1 amide bonds. The number of likely N-dealkylation sites (tertiary alicyclic amines) is 1. The Morgan fingerprint density at radius 2 is 2.19 bits per heavy atom. The average Bonchev–Trinajstić information content (AvgIpc) is 3.43. The summed E-state index contributed by atoms with van der Waals surface area (Å²) in [6.45, 7) is 1.22. The molecule has 0 saturated carbocycles. The molecular formula is C19H19N3O4S. The van der Waals surface area contributed by atoms with E-state index in [1.807, 2.05) is 34.5 Å². The molecule has 0 N–H and O–H groups in total. The van der Waals surface area contributed by atoms with Gasteiger partial charge in [-0.15, -0.1) is 11.3 Å². The first-order valence-electron chi connectivity index (χ1n) is 8.54. The normalized spacial score (nSPS) is 16.7. The van der Waals surface area contributed by atoms with Crippen molar-refractivity contribution in [3.8, 4) is 23.0 Å². The molecule has 3 aromatic rings. The number of hydrogen-bond donors (Lipinski definition) is 0. The van der Waals surface area contributed by atoms with Gasteiger partial charge in [0.1, 0.15) is 11.5 Å². The monoisotopic (exact) mass is 385 g/mol. The summed E-state index contributed by atoms with van der Waals surface area (Å²) < 4.78 is 16.1. The number of aromatic nitrogens is 2. The number of hydrogen-bond acceptors (Lipinski definition) is 7. The number of nitrogens with zero attached hydrogens (tertiary/aromatic N) is 3. The molecule has 7 nitrogen and oxygen atoms in total. The molecule has 0 radical (unpaired) electrons. The molecule has 1 saturated heterocycles. The second-order valence-electron chi connectivity index (χ2n) is 6.28. The molecule has 3 heterocycles. The highest BCUT2D eigenvalue weighted by Gasteiger charge is 2.34. The van der Waals surface area contributed by atoms with Gasteiger partial charge in [-0.3, -0.25) is 4.79 Å². The van der Waals surface area contributed by atoms with E-state index in [0.29, 0.717) is 48.3 Å². The lowest BCUT2D eigenvalue weighted by atomic mass is 10.1. The van der Waals surface area contributed by atoms with Crippen LogP contribution in [0.2, 0.25) is 0 Å². The fraction of sp³-hybridized carbons (Fsp3) is 0.316. The lowest BCUT2D eigenvalue weighted by Crippen LogP contribution is -2.23. The van der Waals surface area contributed by atoms with Crippen LogP contribution in [-0.4, -0.2) is 41.7 Å². The van der Waals surface area contributed by atoms with E-state index in [9.17, 15) is 4.79 Å². The fourth-order valence-electron chi connectivity index (χ4n) is 3.17. The number of rotatable bonds is 6. The lowest BCUT2D eigenvalue weighted by Gasteiger charge is -2.14. The Morgan fingerprint density at radius 3 is 2.93 bits per heavy atom. The highest BCUT2D eigenvalue weighted by Crippen LogP contribution is 2.34. The quantitative estimate of drug-likeness (QED) is 0.648. The molecule has 0 spiro atoms. The molecule has 1 fully saturated rings. The van der Waals surface area contributed by atoms with Crippen LogP contribution in [0.4, 0.5) is 0 Å². The average molecular weight is 385 g/mol. The Balaban J connectivity index is 1.52. The summed E-state index contributed by atoms with van der Waals surface area (Å²) in [4.78, 5) is 19.9. The summed E-state index contributed by atoms with van der Waals surface area (Å²) in [7, 11) is 3.17. The van der Waals surface area contributed by atoms with Crippen LogP contribution in [-0.2, 0) is 11.3 Å². The SMILES string of the molecule is COc1ccc(-c2nc(C3CC(=O)N(Cc4cccs4)C3)no2)c(OC)c1. The Hall–Kier alpha value is -2.87. The third-order valence-electron chi connectivity index (χ3n) is 4.59. The molecule has 1 atom stereocenters. The molecule has 0 aliphatic carbocycles. The van der Waals surface area contributed by atoms with Crippen molar-refractivity contribution in [2.75, 3.05) is 20.8 Å². The number of amides is 1. The van der Waals surface area contributed by atoms with Gasteiger partial charge in [-0.2, -0.15) is 4.98 Å². The number of benzene rings is 1. The van der Waals surface area contributed by atoms with Gasteiger partial charge < -0.3 is 18.9 Å². The highest BCUT2D eigenvalue weighted by atomic mass is 32.1. The lowest BCUT2D eigenvalue weighted by molar-refractivity contribution is -0.128. The molecule has 8 heteroatoms. The molecule has 0 bridgehead atoms. The third kappa shape index (κ3) is 3.52. The van der Waals surface area contributed by atoms with Gasteiger partial charge in [0.2, 0.25) is 5.91 Å². The Bertz CT molecular complexity index is 938. The van der Waals surface area contributed by atoms with Gasteiger partial charge in [0.05, 0.1) is 26.3 Å². The first-order valence-corrected chi connectivity index (χ1v) is 9.42. The number of carbonyl (C=O) groups is 1. The third-order valence-corrected chi connectivity index (χ3v) is 5.45. The molecule has 1 aromatic carbocycles. The van der Waals surface area contributed by atoms with E-state index in [0.717, 1.165) is 0 Å². The van der Waals surface area contributed by atoms with E-state index in [-0.39, 0.29) is 11.8 Å². The molecule has 27 heavy (non-hydrogen) atoms. The molecule has 2 aromatic heterocycles. The van der Waals surface area contributed by atoms with Crippen LogP contribution in [0, 0.1) is 0 Å². The molecular weight excluding hydrogens is 366 g/mol. The zero-order valence-electron chi connectivity index (χ0n) is 15.0. The molecule has 1 unspecified atom stereocenters. The summed E-state index contributed by atoms with van der Waals surface area (Å²) in [6, 6.07) is 9.42. The van der Waals surface area contributed by atoms with Crippen LogP contribution in [0.15, 0.2) is 40.2 Å². The van der Waals surface area contributed by atoms with Crippen molar-refractivity contribution in [2.45, 2.75) is 18.9 Å². The Morgan fingerprint density at radius 1 is 1.30 bits per heavy atom. The Labute approximate surface area is 160 Å². The molecule has 1 aliphatic heterocycles. The standard InChI is InChI=1S/C19H19N3O4S/c1-24-13-5-6-15(16(9-13)25-2)19-20-18(21-26-19)12-8-17(23)22(10-12)11-14-4-3-7-27-14/h3-7,9,12H,8,10-11H2,1-2H3. The zero-order valence-corrected chi connectivity index (χ0v) is 15.9. The largest absolute Gasteiger partial charge is 0.497 e. The van der Waals surface area contributed by atoms with Gasteiger partial charge in [-0.25, -0.2) is 0 Å². The second kappa shape index (κ2) is 7.40. The summed E-state index contributed by atoms with van der Waals surface area (Å²) in [5.74, 6) is 2.23. The minimum atomic E-state index is -0.0702. The van der Waals surface area contributed by atoms with E-state index >= 15 is 0 Å². The van der Waals surface area contributed by atoms with Crippen LogP contribution in [0.1, 0.15) is 23.0 Å². The molecule has 1 aliphatic rings. The zero-order chi connectivity index (χ0) is 18.8. The fourth-order valence-corrected chi connectivity index (χ4v) is 3.89. The van der Waals surface area contributed by atoms with Gasteiger partial charge >= 0.3 is 0 Å². The summed E-state index contributed by atoms with van der Waals surface area (Å²) in [5, 5.41) is 6.12. The van der Waals surface area contributed by atoms with Gasteiger partial charge in [-0.1, -0.05) is 11.2 Å². The minimum absolute atomic E-state index is 0.0702. The van der Waals surface area contributed by atoms with Crippen molar-refractivity contribution >= 4 is 17.2 Å². The minimum Gasteiger partial charge on any atom is -0.497 e. The molecule has 140 valence electrons. The van der Waals surface area contributed by atoms with E-state index in [1.165, 1.54) is 4.88 Å². The summed E-state index contributed by atoms with van der Waals surface area (Å²) in [6.07, 6.45) is 0.393. The van der Waals surface area contributed by atoms with E-state index in [1.54, 1.807) is 31.6 Å². The van der Waals surface area contributed by atoms with Crippen LogP contribution >= 0.6 is 11.3 Å². The summed E-state index contributed by atoms with van der Waals surface area (Å²) in [5.41, 5.74) is 0.691. The second-order valence-corrected chi connectivity index (χ2v) is 7.31. The first-order chi connectivity index (χ1) is 13.2. The maximum absolute atomic E-state index is 12.3. The number of thiophene rings is 1. The van der Waals surface area contributed by atoms with Crippen LogP contribution in [0.5, 0.6) is 11.5 Å². The van der Waals surface area contributed by atoms with Crippen molar-refractivity contribution in [1.82, 2.24) is 15.0 Å². The van der Waals surface area contributed by atoms with Gasteiger partial charge in [0.25, 0.3) is 5.89 Å². The predicted molar refractivity (Wildman–Crippen MR) is 99.9 cm³/mol. The van der Waals surface area contributed by atoms with E-state index < -0.39 is 0 Å². The van der Waals surface area contributed by atoms with Gasteiger partial charge in [0, 0.05) is 29.8 Å². The van der Waals surface area contributed by atoms with Gasteiger partial charge in [0.15, 0.2) is 5.82 Å². The van der Waals surface area contributed by atoms with E-state index in [2.05, 4.69) is 10.1 Å². The number of ether oxygens (including phenoxy) is 2. The van der Waals surface area contributed by atoms with E-state index in [4.69, 9.17) is 14.0 Å². The van der Waals surface area contributed by atoms with Crippen LogP contribution in [0.25, 0.3) is 11.5 Å². The highest BCUT2D eigenvalue weighted by molar-refractivity contribution is 7.09. The number of methoxy groups -OCH3 is 2. The van der Waals surface area contributed by atoms with Crippen LogP contribution in [0.3, 0.4) is 0 Å². The Kier molecular flexibility index (Phi) is 4.81. The van der Waals surface area contributed by atoms with Crippen molar-refractivity contribution in [3.05, 3.63) is 46.4 Å². The maximum atomic E-state index is 12.3. The van der Waals surface area contributed by atoms with Crippen molar-refractivity contribution in [3.63, 3.8) is 0 Å². The van der Waals surface area contributed by atoms with Crippen molar-refractivity contribution in [2.24, 2.45) is 0 Å². The first kappa shape index (κ1) is 17.5. The number of carbonyl (C=O) groups excluding carboxylic acids is 1. The maximum Gasteiger partial charge on any atom is 0.261 e. The smallest absolute Gasteiger partial charge is 0.261 e.